The van der Waals surface area contributed by atoms with Gasteiger partial charge in [-0.15, -0.1) is 0 Å². The molecule has 4 aliphatic heterocycles. The number of hydrogen-bond donors (Lipinski definition) is 5. The Kier molecular flexibility index (Phi) is 15.5. The fourth-order valence-electron chi connectivity index (χ4n) is 10.2. The van der Waals surface area contributed by atoms with Crippen molar-refractivity contribution in [3.05, 3.63) is 101 Å². The molecule has 5 amide bonds. The van der Waals surface area contributed by atoms with Crippen LogP contribution in [-0.2, 0) is 20.9 Å². The number of methoxy groups -OCH3 is 3. The molecule has 1 aliphatic carbocycles. The number of rotatable bonds is 19. The molecule has 1 saturated heterocycles. The minimum absolute atomic E-state index is 0.0529. The molecule has 19 nitrogen and oxygen atoms in total. The number of aliphatic hydroxyl groups is 1. The van der Waals surface area contributed by atoms with Gasteiger partial charge >= 0.3 is 6.09 Å². The molecule has 1 saturated carbocycles. The highest BCUT2D eigenvalue weighted by atomic mass is 16.6. The molecule has 4 aromatic rings. The van der Waals surface area contributed by atoms with Gasteiger partial charge in [-0.2, -0.15) is 0 Å². The van der Waals surface area contributed by atoms with E-state index < -0.39 is 42.3 Å². The zero-order valence-electron chi connectivity index (χ0n) is 43.3. The number of amides is 5. The van der Waals surface area contributed by atoms with Crippen molar-refractivity contribution >= 4 is 52.4 Å². The molecule has 0 aromatic heterocycles. The lowest BCUT2D eigenvalue weighted by atomic mass is 10.0. The van der Waals surface area contributed by atoms with Gasteiger partial charge in [0.15, 0.2) is 29.2 Å². The van der Waals surface area contributed by atoms with Crippen molar-refractivity contribution in [2.45, 2.75) is 103 Å². The molecule has 9 rings (SSSR count). The SMILES string of the molecule is COc1ccc(C2=CN3C(=O)c4cc(OC)c(OCCCCCOc5cc6c(cc5OC)C(=O)N5CC7(CC7)C[C@H]5C(O)N6C(=O)OCc5ccc(NC(=O)C(C)NC(=O)[C@H](N)C(C)C)cc5)cc4NC[C@H]3C2)cc1. The van der Waals surface area contributed by atoms with E-state index >= 15 is 0 Å². The van der Waals surface area contributed by atoms with E-state index in [0.29, 0.717) is 85.1 Å². The molecule has 0 bridgehead atoms. The minimum Gasteiger partial charge on any atom is -0.497 e. The average Bonchev–Trinajstić information content (AvgIpc) is 3.95. The topological polar surface area (TPSA) is 233 Å². The van der Waals surface area contributed by atoms with Gasteiger partial charge in [0.1, 0.15) is 18.4 Å². The number of carbonyl (C=O) groups excluding carboxylic acids is 5. The lowest BCUT2D eigenvalue weighted by molar-refractivity contribution is -0.127. The molecule has 19 heteroatoms. The normalized spacial score (nSPS) is 19.8. The molecule has 5 atom stereocenters. The van der Waals surface area contributed by atoms with Crippen LogP contribution in [0.4, 0.5) is 21.9 Å². The van der Waals surface area contributed by atoms with Gasteiger partial charge in [-0.05, 0) is 116 Å². The molecule has 398 valence electrons. The van der Waals surface area contributed by atoms with Gasteiger partial charge < -0.3 is 65.0 Å². The smallest absolute Gasteiger partial charge is 0.416 e. The van der Waals surface area contributed by atoms with Crippen molar-refractivity contribution in [1.29, 1.82) is 0 Å². The van der Waals surface area contributed by atoms with E-state index in [1.165, 1.54) is 7.11 Å². The number of nitrogens with zero attached hydrogens (tertiary/aromatic N) is 3. The third-order valence-electron chi connectivity index (χ3n) is 14.9. The molecular formula is C56H67N7O12. The van der Waals surface area contributed by atoms with Gasteiger partial charge in [-0.25, -0.2) is 9.69 Å². The number of nitrogens with two attached hydrogens (primary N) is 1. The van der Waals surface area contributed by atoms with E-state index in [0.717, 1.165) is 41.0 Å². The van der Waals surface area contributed by atoms with Gasteiger partial charge in [-0.1, -0.05) is 38.1 Å². The van der Waals surface area contributed by atoms with E-state index in [-0.39, 0.29) is 59.4 Å². The molecule has 0 radical (unpaired) electrons. The van der Waals surface area contributed by atoms with Crippen molar-refractivity contribution < 1.29 is 57.5 Å². The van der Waals surface area contributed by atoms with E-state index in [2.05, 4.69) is 16.0 Å². The molecule has 2 unspecified atom stereocenters. The van der Waals surface area contributed by atoms with E-state index in [4.69, 9.17) is 34.2 Å². The summed E-state index contributed by atoms with van der Waals surface area (Å²) < 4.78 is 35.1. The van der Waals surface area contributed by atoms with Crippen LogP contribution in [0.15, 0.2) is 79.0 Å². The number of benzene rings is 4. The molecule has 4 aromatic carbocycles. The molecular weight excluding hydrogens is 963 g/mol. The first-order valence-corrected chi connectivity index (χ1v) is 25.6. The zero-order chi connectivity index (χ0) is 53.1. The Hall–Kier alpha value is -7.51. The maximum absolute atomic E-state index is 14.3. The molecule has 1 spiro atoms. The predicted molar refractivity (Wildman–Crippen MR) is 280 cm³/mol. The number of unbranched alkanes of at least 4 members (excludes halogenated alkanes) is 2. The third kappa shape index (κ3) is 11.1. The lowest BCUT2D eigenvalue weighted by Crippen LogP contribution is -2.50. The molecule has 5 aliphatic rings. The van der Waals surface area contributed by atoms with E-state index in [1.807, 2.05) is 50.4 Å². The highest BCUT2D eigenvalue weighted by Crippen LogP contribution is 2.57. The Labute approximate surface area is 436 Å². The van der Waals surface area contributed by atoms with Crippen molar-refractivity contribution in [2.24, 2.45) is 17.1 Å². The van der Waals surface area contributed by atoms with Crippen molar-refractivity contribution in [3.63, 3.8) is 0 Å². The monoisotopic (exact) mass is 1030 g/mol. The second kappa shape index (κ2) is 22.1. The van der Waals surface area contributed by atoms with Gasteiger partial charge in [0.25, 0.3) is 11.8 Å². The first-order valence-electron chi connectivity index (χ1n) is 25.6. The summed E-state index contributed by atoms with van der Waals surface area (Å²) in [5, 5.41) is 20.9. The Bertz CT molecular complexity index is 2830. The van der Waals surface area contributed by atoms with Gasteiger partial charge in [0.2, 0.25) is 11.8 Å². The predicted octanol–water partition coefficient (Wildman–Crippen LogP) is 6.92. The number of anilines is 3. The van der Waals surface area contributed by atoms with Crippen LogP contribution in [0.5, 0.6) is 28.7 Å². The number of aliphatic hydroxyl groups excluding tert-OH is 1. The largest absolute Gasteiger partial charge is 0.497 e. The standard InChI is InChI=1S/C56H67N7O12/c1-32(2)49(57)51(65)59-33(3)50(64)60-37-14-10-34(11-15-37)30-75-55(69)63-43-26-48(46(72-6)24-41(43)53(67)62-31-56(18-19-56)27-44(62)54(63)68)74-21-9-7-8-20-73-47-25-42-40(23-45(47)71-5)52(66)61-29-36(22-38(61)28-58-42)35-12-16-39(70-4)17-13-35/h10-17,23-26,29,32-33,38,44,49,54,58,68H,7-9,18-22,27-28,30-31,57H2,1-6H3,(H,59,65)(H,60,64)/t33?,38-,44+,49-,54?/m1/s1. The Balaban J connectivity index is 0.813. The number of nitrogens with one attached hydrogen (secondary N) is 3. The van der Waals surface area contributed by atoms with Crippen molar-refractivity contribution in [1.82, 2.24) is 15.1 Å². The average molecular weight is 1030 g/mol. The van der Waals surface area contributed by atoms with Crippen LogP contribution in [0.1, 0.15) is 97.6 Å². The number of hydrogen-bond acceptors (Lipinski definition) is 14. The summed E-state index contributed by atoms with van der Waals surface area (Å²) in [6.07, 6.45) is 4.81. The Morgan fingerprint density at radius 1 is 0.813 bits per heavy atom. The summed E-state index contributed by atoms with van der Waals surface area (Å²) in [6, 6.07) is 18.9. The lowest BCUT2D eigenvalue weighted by Gasteiger charge is -2.31. The second-order valence-electron chi connectivity index (χ2n) is 20.4. The molecule has 75 heavy (non-hydrogen) atoms. The van der Waals surface area contributed by atoms with E-state index in [1.54, 1.807) is 73.4 Å². The maximum atomic E-state index is 14.3. The van der Waals surface area contributed by atoms with Crippen LogP contribution in [0, 0.1) is 11.3 Å². The molecule has 4 heterocycles. The third-order valence-corrected chi connectivity index (χ3v) is 14.9. The molecule has 6 N–H and O–H groups in total. The summed E-state index contributed by atoms with van der Waals surface area (Å²) in [5.41, 5.74) is 10.5. The summed E-state index contributed by atoms with van der Waals surface area (Å²) >= 11 is 0. The first-order chi connectivity index (χ1) is 36.1. The van der Waals surface area contributed by atoms with E-state index in [9.17, 15) is 29.1 Å². The fourth-order valence-corrected chi connectivity index (χ4v) is 10.2. The summed E-state index contributed by atoms with van der Waals surface area (Å²) in [5.74, 6) is 0.943. The Morgan fingerprint density at radius 2 is 1.48 bits per heavy atom. The van der Waals surface area contributed by atoms with Crippen LogP contribution >= 0.6 is 0 Å². The highest BCUT2D eigenvalue weighted by molar-refractivity contribution is 6.06. The minimum atomic E-state index is -1.41. The summed E-state index contributed by atoms with van der Waals surface area (Å²) in [4.78, 5) is 72.3. The van der Waals surface area contributed by atoms with Crippen LogP contribution in [0.2, 0.25) is 0 Å². The summed E-state index contributed by atoms with van der Waals surface area (Å²) in [7, 11) is 4.66. The maximum Gasteiger partial charge on any atom is 0.416 e. The van der Waals surface area contributed by atoms with Gasteiger partial charge in [0, 0.05) is 37.1 Å². The van der Waals surface area contributed by atoms with Gasteiger partial charge in [0.05, 0.1) is 75.2 Å². The number of ether oxygens (including phenoxy) is 6. The fraction of sp³-hybridized carbons (Fsp3) is 0.446. The zero-order valence-corrected chi connectivity index (χ0v) is 43.3. The van der Waals surface area contributed by atoms with Gasteiger partial charge in [-0.3, -0.25) is 19.2 Å². The number of carbonyl (C=O) groups is 5. The Morgan fingerprint density at radius 3 is 2.12 bits per heavy atom. The quantitative estimate of drug-likeness (QED) is 0.0601. The summed E-state index contributed by atoms with van der Waals surface area (Å²) in [6.45, 7) is 6.71. The van der Waals surface area contributed by atoms with Crippen molar-refractivity contribution in [3.8, 4) is 28.7 Å². The van der Waals surface area contributed by atoms with Crippen LogP contribution < -0.4 is 50.3 Å². The van der Waals surface area contributed by atoms with Crippen LogP contribution in [-0.4, -0.2) is 123 Å². The molecule has 2 fully saturated rings. The first kappa shape index (κ1) is 52.4. The number of fused-ring (bicyclic) bond motifs is 4. The van der Waals surface area contributed by atoms with Crippen molar-refractivity contribution in [2.75, 3.05) is 63.2 Å². The van der Waals surface area contributed by atoms with Crippen LogP contribution in [0.3, 0.4) is 0 Å². The highest BCUT2D eigenvalue weighted by Gasteiger charge is 2.58. The second-order valence-corrected chi connectivity index (χ2v) is 20.4. The van der Waals surface area contributed by atoms with Crippen LogP contribution in [0.25, 0.3) is 5.57 Å².